The molecule has 488 valence electrons. The van der Waals surface area contributed by atoms with Crippen molar-refractivity contribution in [2.45, 2.75) is 118 Å². The first kappa shape index (κ1) is 74.6. The maximum absolute atomic E-state index is 12.5. The Balaban J connectivity index is 1.26. The Morgan fingerprint density at radius 3 is 0.831 bits per heavy atom. The molecule has 3 saturated heterocycles. The quantitative estimate of drug-likeness (QED) is 0.0252. The average Bonchev–Trinajstić information content (AvgIpc) is 3.66. The maximum atomic E-state index is 12.5. The Kier molecular flexibility index (Phi) is 39.4. The molecule has 33 heteroatoms. The molecule has 0 bridgehead atoms. The molecule has 0 saturated carbocycles. The lowest BCUT2D eigenvalue weighted by atomic mass is 9.94. The molecule has 3 fully saturated rings. The summed E-state index contributed by atoms with van der Waals surface area (Å²) in [5.41, 5.74) is -0.755. The Labute approximate surface area is 481 Å². The lowest BCUT2D eigenvalue weighted by Crippen LogP contribution is -2.59. The fourth-order valence-corrected chi connectivity index (χ4v) is 7.88. The number of hydrogen-bond acceptors (Lipinski definition) is 30. The van der Waals surface area contributed by atoms with E-state index in [4.69, 9.17) is 71.1 Å². The van der Waals surface area contributed by atoms with Crippen molar-refractivity contribution in [2.24, 2.45) is 5.41 Å². The van der Waals surface area contributed by atoms with E-state index in [9.17, 15) is 75.7 Å². The molecule has 0 aromatic heterocycles. The summed E-state index contributed by atoms with van der Waals surface area (Å²) in [5.74, 6) is -0.847. The fourth-order valence-electron chi connectivity index (χ4n) is 7.88. The number of nitrogens with one attached hydrogen (secondary N) is 3. The predicted molar refractivity (Wildman–Crippen MR) is 278 cm³/mol. The van der Waals surface area contributed by atoms with Gasteiger partial charge in [-0.25, -0.2) is 0 Å². The Morgan fingerprint density at radius 1 is 0.337 bits per heavy atom. The van der Waals surface area contributed by atoms with Crippen molar-refractivity contribution in [3.63, 3.8) is 0 Å². The molecule has 0 aromatic carbocycles. The average molecular weight is 1220 g/mol. The van der Waals surface area contributed by atoms with Crippen LogP contribution in [0.3, 0.4) is 0 Å². The van der Waals surface area contributed by atoms with Crippen molar-refractivity contribution in [3.8, 4) is 0 Å². The number of ether oxygens (including phenoxy) is 15. The monoisotopic (exact) mass is 1220 g/mol. The molecule has 33 nitrogen and oxygen atoms in total. The van der Waals surface area contributed by atoms with Gasteiger partial charge >= 0.3 is 0 Å². The van der Waals surface area contributed by atoms with Gasteiger partial charge in [-0.1, -0.05) is 6.92 Å². The zero-order valence-electron chi connectivity index (χ0n) is 47.1. The molecule has 15 N–H and O–H groups in total. The van der Waals surface area contributed by atoms with Crippen molar-refractivity contribution >= 4 is 17.7 Å². The third-order valence-electron chi connectivity index (χ3n) is 12.7. The van der Waals surface area contributed by atoms with Crippen LogP contribution in [0.15, 0.2) is 0 Å². The number of aliphatic hydroxyl groups excluding tert-OH is 12. The first-order chi connectivity index (χ1) is 40.0. The van der Waals surface area contributed by atoms with E-state index in [-0.39, 0.29) is 195 Å². The molecular formula is C50H93N3O30. The second-order valence-electron chi connectivity index (χ2n) is 19.6. The molecule has 83 heavy (non-hydrogen) atoms. The first-order valence-corrected chi connectivity index (χ1v) is 27.7. The molecule has 3 heterocycles. The Bertz CT molecular complexity index is 1500. The minimum absolute atomic E-state index is 0.0108. The molecule has 0 aromatic rings. The largest absolute Gasteiger partial charge is 0.394 e. The molecule has 3 aliphatic rings. The SMILES string of the molecule is CC(COCCC(=O)NCCOCCOCCO[C@H]1OC(CO)[C@@H](O)C(O)C1O)(COCCC(=O)NCCOCCOCCO[C@H]1OC(CO)[C@@H](O)[C@H](O)C1O)COCCC(=O)NCCOCCOCCO[C@H]1OC(CO)[C@H](O)[C@H](O)C1O. The van der Waals surface area contributed by atoms with E-state index in [0.717, 1.165) is 0 Å². The number of amides is 3. The van der Waals surface area contributed by atoms with Crippen LogP contribution in [0.5, 0.6) is 0 Å². The first-order valence-electron chi connectivity index (χ1n) is 27.7. The number of carbonyl (C=O) groups is 3. The van der Waals surface area contributed by atoms with Gasteiger partial charge in [0, 0.05) is 44.3 Å². The zero-order valence-corrected chi connectivity index (χ0v) is 47.1. The van der Waals surface area contributed by atoms with Crippen LogP contribution >= 0.6 is 0 Å². The highest BCUT2D eigenvalue weighted by molar-refractivity contribution is 5.76. The summed E-state index contributed by atoms with van der Waals surface area (Å²) in [6.07, 6.45) is -20.5. The number of hydrogen-bond donors (Lipinski definition) is 15. The van der Waals surface area contributed by atoms with E-state index >= 15 is 0 Å². The summed E-state index contributed by atoms with van der Waals surface area (Å²) in [7, 11) is 0. The number of rotatable bonds is 48. The standard InChI is InChI=1S/C50H93N3O30/c1-50(29-75-8-2-35(57)51-5-11-69-14-17-72-20-23-78-47-44(66)41(63)38(60)32(26-54)81-47,30-76-9-3-36(58)52-6-12-70-15-18-73-21-24-79-48-45(67)42(64)39(61)33(27-55)82-48)31-77-10-4-37(59)53-7-13-71-16-19-74-22-25-80-49-46(68)43(65)40(62)34(28-56)83-49/h32-34,38-49,54-56,60-68H,2-31H2,1H3,(H,51,57)(H,52,58)(H,53,59)/t32?,33?,34?,38-,39-,40+,41+,42?,43+,44?,45?,46?,47+,48+,49+,50?/m1/s1. The van der Waals surface area contributed by atoms with Gasteiger partial charge in [-0.3, -0.25) is 14.4 Å². The summed E-state index contributed by atoms with van der Waals surface area (Å²) in [6.45, 7) is 3.37. The van der Waals surface area contributed by atoms with Crippen molar-refractivity contribution in [3.05, 3.63) is 0 Å². The summed E-state index contributed by atoms with van der Waals surface area (Å²) in [5, 5.41) is 125. The Morgan fingerprint density at radius 2 is 0.578 bits per heavy atom. The summed E-state index contributed by atoms with van der Waals surface area (Å²) in [4.78, 5) is 37.5. The number of carbonyl (C=O) groups excluding carboxylic acids is 3. The van der Waals surface area contributed by atoms with Crippen LogP contribution in [-0.4, -0.2) is 349 Å². The topological polar surface area (TPSA) is 469 Å². The zero-order chi connectivity index (χ0) is 60.8. The molecule has 0 spiro atoms. The lowest BCUT2D eigenvalue weighted by Gasteiger charge is -2.39. The highest BCUT2D eigenvalue weighted by Crippen LogP contribution is 2.25. The van der Waals surface area contributed by atoms with Gasteiger partial charge in [-0.2, -0.15) is 0 Å². The summed E-state index contributed by atoms with van der Waals surface area (Å²) in [6, 6.07) is 0. The van der Waals surface area contributed by atoms with Crippen molar-refractivity contribution in [1.82, 2.24) is 16.0 Å². The second kappa shape index (κ2) is 43.9. The van der Waals surface area contributed by atoms with E-state index in [1.54, 1.807) is 0 Å². The highest BCUT2D eigenvalue weighted by atomic mass is 16.7. The van der Waals surface area contributed by atoms with Crippen LogP contribution in [-0.2, 0) is 85.4 Å². The van der Waals surface area contributed by atoms with E-state index in [1.807, 2.05) is 6.92 Å². The van der Waals surface area contributed by atoms with Crippen LogP contribution in [0, 0.1) is 5.41 Å². The molecule has 8 unspecified atom stereocenters. The molecular weight excluding hydrogens is 1120 g/mol. The smallest absolute Gasteiger partial charge is 0.222 e. The van der Waals surface area contributed by atoms with Crippen molar-refractivity contribution in [2.75, 3.05) is 178 Å². The van der Waals surface area contributed by atoms with E-state index in [0.29, 0.717) is 0 Å². The lowest BCUT2D eigenvalue weighted by molar-refractivity contribution is -0.302. The van der Waals surface area contributed by atoms with Crippen molar-refractivity contribution in [1.29, 1.82) is 0 Å². The third-order valence-corrected chi connectivity index (χ3v) is 12.7. The predicted octanol–water partition coefficient (Wildman–Crippen LogP) is -8.89. The molecule has 16 atom stereocenters. The van der Waals surface area contributed by atoms with Crippen LogP contribution < -0.4 is 16.0 Å². The Hall–Kier alpha value is -2.67. The van der Waals surface area contributed by atoms with Gasteiger partial charge in [-0.15, -0.1) is 0 Å². The second-order valence-corrected chi connectivity index (χ2v) is 19.6. The van der Waals surface area contributed by atoms with E-state index in [2.05, 4.69) is 16.0 Å². The van der Waals surface area contributed by atoms with Gasteiger partial charge in [-0.05, 0) is 0 Å². The third kappa shape index (κ3) is 29.7. The minimum atomic E-state index is -1.55. The number of aliphatic hydroxyl groups is 12. The van der Waals surface area contributed by atoms with Gasteiger partial charge < -0.3 is 148 Å². The molecule has 3 rings (SSSR count). The maximum Gasteiger partial charge on any atom is 0.222 e. The highest BCUT2D eigenvalue weighted by Gasteiger charge is 2.46. The van der Waals surface area contributed by atoms with Crippen LogP contribution in [0.1, 0.15) is 26.2 Å². The molecule has 0 aliphatic carbocycles. The normalized spacial score (nSPS) is 29.1. The van der Waals surface area contributed by atoms with E-state index in [1.165, 1.54) is 0 Å². The fraction of sp³-hybridized carbons (Fsp3) is 0.940. The molecule has 3 aliphatic heterocycles. The molecule has 3 amide bonds. The van der Waals surface area contributed by atoms with Gasteiger partial charge in [0.1, 0.15) is 73.2 Å². The summed E-state index contributed by atoms with van der Waals surface area (Å²) >= 11 is 0. The van der Waals surface area contributed by atoms with Gasteiger partial charge in [0.15, 0.2) is 18.9 Å². The minimum Gasteiger partial charge on any atom is -0.394 e. The van der Waals surface area contributed by atoms with Gasteiger partial charge in [0.25, 0.3) is 0 Å². The summed E-state index contributed by atoms with van der Waals surface area (Å²) < 4.78 is 82.2. The van der Waals surface area contributed by atoms with Gasteiger partial charge in [0.05, 0.1) is 159 Å². The van der Waals surface area contributed by atoms with Gasteiger partial charge in [0.2, 0.25) is 17.7 Å². The van der Waals surface area contributed by atoms with E-state index < -0.39 is 117 Å². The van der Waals surface area contributed by atoms with Crippen LogP contribution in [0.4, 0.5) is 0 Å². The van der Waals surface area contributed by atoms with Crippen molar-refractivity contribution < 1.29 is 147 Å². The van der Waals surface area contributed by atoms with Crippen LogP contribution in [0.2, 0.25) is 0 Å². The van der Waals surface area contributed by atoms with Crippen LogP contribution in [0.25, 0.3) is 0 Å². The molecule has 0 radical (unpaired) electrons.